The lowest BCUT2D eigenvalue weighted by molar-refractivity contribution is 0.0587. The van der Waals surface area contributed by atoms with Gasteiger partial charge in [0, 0.05) is 13.1 Å². The van der Waals surface area contributed by atoms with E-state index in [2.05, 4.69) is 20.4 Å². The van der Waals surface area contributed by atoms with Crippen LogP contribution in [0.1, 0.15) is 26.5 Å². The number of carbonyl (C=O) groups excluding carboxylic acids is 3. The van der Waals surface area contributed by atoms with Crippen molar-refractivity contribution in [1.29, 1.82) is 0 Å². The molecule has 0 atom stereocenters. The first-order valence-electron chi connectivity index (χ1n) is 9.22. The first-order chi connectivity index (χ1) is 14.4. The van der Waals surface area contributed by atoms with Crippen LogP contribution in [0.5, 0.6) is 0 Å². The third-order valence-corrected chi connectivity index (χ3v) is 4.56. The van der Waals surface area contributed by atoms with Crippen molar-refractivity contribution < 1.29 is 23.9 Å². The van der Waals surface area contributed by atoms with Gasteiger partial charge in [-0.3, -0.25) is 0 Å². The quantitative estimate of drug-likeness (QED) is 0.605. The van der Waals surface area contributed by atoms with Gasteiger partial charge in [-0.05, 0) is 37.3 Å². The van der Waals surface area contributed by atoms with Crippen LogP contribution in [0.3, 0.4) is 0 Å². The highest BCUT2D eigenvalue weighted by molar-refractivity contribution is 6.03. The maximum absolute atomic E-state index is 12.4. The zero-order chi connectivity index (χ0) is 21.7. The number of aryl methyl sites for hydroxylation is 1. The van der Waals surface area contributed by atoms with Gasteiger partial charge in [0.2, 0.25) is 0 Å². The molecule has 0 fully saturated rings. The van der Waals surface area contributed by atoms with Crippen LogP contribution >= 0.6 is 0 Å². The second-order valence-electron chi connectivity index (χ2n) is 6.42. The molecule has 156 valence electrons. The molecule has 0 spiro atoms. The van der Waals surface area contributed by atoms with Crippen LogP contribution in [0.4, 0.5) is 10.5 Å². The van der Waals surface area contributed by atoms with Crippen LogP contribution in [0.15, 0.2) is 42.5 Å². The van der Waals surface area contributed by atoms with Crippen molar-refractivity contribution in [3.8, 4) is 0 Å². The van der Waals surface area contributed by atoms with Crippen molar-refractivity contribution in [1.82, 2.24) is 14.9 Å². The molecule has 0 aliphatic heterocycles. The van der Waals surface area contributed by atoms with Gasteiger partial charge in [0.1, 0.15) is 5.82 Å². The summed E-state index contributed by atoms with van der Waals surface area (Å²) in [7, 11) is 2.48. The monoisotopic (exact) mass is 410 g/mol. The molecular weight excluding hydrogens is 388 g/mol. The molecule has 0 aliphatic carbocycles. The summed E-state index contributed by atoms with van der Waals surface area (Å²) in [6.45, 7) is 2.75. The molecule has 0 saturated heterocycles. The Morgan fingerprint density at radius 3 is 2.50 bits per heavy atom. The summed E-state index contributed by atoms with van der Waals surface area (Å²) >= 11 is 0. The number of hydrogen-bond acceptors (Lipinski definition) is 6. The number of imidazole rings is 1. The van der Waals surface area contributed by atoms with E-state index in [1.165, 1.54) is 32.4 Å². The molecule has 0 bridgehead atoms. The average molecular weight is 410 g/mol. The lowest BCUT2D eigenvalue weighted by Crippen LogP contribution is -2.32. The molecule has 30 heavy (non-hydrogen) atoms. The van der Waals surface area contributed by atoms with E-state index in [9.17, 15) is 14.4 Å². The molecule has 9 nitrogen and oxygen atoms in total. The first-order valence-corrected chi connectivity index (χ1v) is 9.22. The largest absolute Gasteiger partial charge is 0.465 e. The Kier molecular flexibility index (Phi) is 6.31. The van der Waals surface area contributed by atoms with E-state index >= 15 is 0 Å². The van der Waals surface area contributed by atoms with Gasteiger partial charge in [-0.2, -0.15) is 0 Å². The summed E-state index contributed by atoms with van der Waals surface area (Å²) < 4.78 is 11.4. The zero-order valence-electron chi connectivity index (χ0n) is 16.9. The molecule has 2 N–H and O–H groups in total. The Morgan fingerprint density at radius 2 is 1.77 bits per heavy atom. The number of ether oxygens (including phenoxy) is 2. The van der Waals surface area contributed by atoms with E-state index in [1.807, 2.05) is 35.8 Å². The van der Waals surface area contributed by atoms with E-state index in [-0.39, 0.29) is 16.8 Å². The Labute approximate surface area is 173 Å². The van der Waals surface area contributed by atoms with E-state index in [0.717, 1.165) is 16.9 Å². The minimum absolute atomic E-state index is 0.122. The van der Waals surface area contributed by atoms with Crippen LogP contribution < -0.4 is 10.6 Å². The topological polar surface area (TPSA) is 112 Å². The smallest absolute Gasteiger partial charge is 0.339 e. The average Bonchev–Trinajstić information content (AvgIpc) is 3.07. The maximum atomic E-state index is 12.4. The minimum atomic E-state index is -0.637. The van der Waals surface area contributed by atoms with Crippen LogP contribution in [-0.4, -0.2) is 48.3 Å². The summed E-state index contributed by atoms with van der Waals surface area (Å²) in [5.74, 6) is -0.378. The summed E-state index contributed by atoms with van der Waals surface area (Å²) in [6, 6.07) is 11.4. The Bertz CT molecular complexity index is 1110. The minimum Gasteiger partial charge on any atom is -0.465 e. The number of para-hydroxylation sites is 2. The maximum Gasteiger partial charge on any atom is 0.339 e. The third-order valence-electron chi connectivity index (χ3n) is 4.56. The fourth-order valence-electron chi connectivity index (χ4n) is 3.11. The molecular formula is C21H22N4O5. The number of nitrogens with zero attached hydrogens (tertiary/aromatic N) is 2. The summed E-state index contributed by atoms with van der Waals surface area (Å²) in [5.41, 5.74) is 2.34. The second kappa shape index (κ2) is 9.08. The van der Waals surface area contributed by atoms with Crippen LogP contribution in [0, 0.1) is 6.92 Å². The highest BCUT2D eigenvalue weighted by Crippen LogP contribution is 2.20. The van der Waals surface area contributed by atoms with Crippen molar-refractivity contribution in [3.63, 3.8) is 0 Å². The third kappa shape index (κ3) is 4.40. The molecule has 9 heteroatoms. The number of rotatable bonds is 6. The molecule has 1 aromatic heterocycles. The van der Waals surface area contributed by atoms with Gasteiger partial charge < -0.3 is 24.7 Å². The number of hydrogen-bond donors (Lipinski definition) is 2. The Hall–Kier alpha value is -3.88. The number of urea groups is 1. The van der Waals surface area contributed by atoms with Crippen LogP contribution in [0.2, 0.25) is 0 Å². The number of carbonyl (C=O) groups is 3. The highest BCUT2D eigenvalue weighted by atomic mass is 16.5. The normalized spacial score (nSPS) is 10.5. The van der Waals surface area contributed by atoms with Crippen LogP contribution in [-0.2, 0) is 16.0 Å². The lowest BCUT2D eigenvalue weighted by Gasteiger charge is -2.13. The predicted octanol–water partition coefficient (Wildman–Crippen LogP) is 2.74. The van der Waals surface area contributed by atoms with Gasteiger partial charge in [-0.1, -0.05) is 12.1 Å². The SMILES string of the molecule is COC(=O)c1ccc(C(=O)OC)c(NC(=O)NCCn2c(C)nc3ccccc32)c1. The number of benzene rings is 2. The number of aromatic nitrogens is 2. The van der Waals surface area contributed by atoms with Gasteiger partial charge in [0.05, 0.1) is 42.1 Å². The molecule has 2 aromatic carbocycles. The van der Waals surface area contributed by atoms with E-state index in [1.54, 1.807) is 0 Å². The van der Waals surface area contributed by atoms with Gasteiger partial charge in [-0.25, -0.2) is 19.4 Å². The van der Waals surface area contributed by atoms with Crippen LogP contribution in [0.25, 0.3) is 11.0 Å². The van der Waals surface area contributed by atoms with E-state index < -0.39 is 18.0 Å². The molecule has 3 rings (SSSR count). The number of fused-ring (bicyclic) bond motifs is 1. The summed E-state index contributed by atoms with van der Waals surface area (Å²) in [4.78, 5) is 40.6. The molecule has 0 unspecified atom stereocenters. The number of methoxy groups -OCH3 is 2. The van der Waals surface area contributed by atoms with Crippen molar-refractivity contribution >= 4 is 34.7 Å². The number of esters is 2. The summed E-state index contributed by atoms with van der Waals surface area (Å²) in [6.07, 6.45) is 0. The number of nitrogens with one attached hydrogen (secondary N) is 2. The van der Waals surface area contributed by atoms with Crippen molar-refractivity contribution in [2.75, 3.05) is 26.1 Å². The van der Waals surface area contributed by atoms with Gasteiger partial charge in [0.25, 0.3) is 0 Å². The lowest BCUT2D eigenvalue weighted by atomic mass is 10.1. The first kappa shape index (κ1) is 20.8. The zero-order valence-corrected chi connectivity index (χ0v) is 16.9. The predicted molar refractivity (Wildman–Crippen MR) is 111 cm³/mol. The molecule has 0 saturated carbocycles. The molecule has 3 aromatic rings. The van der Waals surface area contributed by atoms with Crippen molar-refractivity contribution in [2.24, 2.45) is 0 Å². The Balaban J connectivity index is 1.70. The van der Waals surface area contributed by atoms with E-state index in [4.69, 9.17) is 4.74 Å². The van der Waals surface area contributed by atoms with Crippen molar-refractivity contribution in [2.45, 2.75) is 13.5 Å². The summed E-state index contributed by atoms with van der Waals surface area (Å²) in [5, 5.41) is 5.33. The standard InChI is InChI=1S/C21H22N4O5/c1-13-23-16-6-4-5-7-18(16)25(13)11-10-22-21(28)24-17-12-14(19(26)29-2)8-9-15(17)20(27)30-3/h4-9,12H,10-11H2,1-3H3,(H2,22,24,28). The molecule has 0 aliphatic rings. The van der Waals surface area contributed by atoms with Gasteiger partial charge in [-0.15, -0.1) is 0 Å². The second-order valence-corrected chi connectivity index (χ2v) is 6.42. The van der Waals surface area contributed by atoms with Gasteiger partial charge >= 0.3 is 18.0 Å². The molecule has 0 radical (unpaired) electrons. The molecule has 1 heterocycles. The highest BCUT2D eigenvalue weighted by Gasteiger charge is 2.17. The Morgan fingerprint density at radius 1 is 1.03 bits per heavy atom. The van der Waals surface area contributed by atoms with Gasteiger partial charge in [0.15, 0.2) is 0 Å². The fourth-order valence-corrected chi connectivity index (χ4v) is 3.11. The number of amides is 2. The number of anilines is 1. The molecule has 2 amide bonds. The van der Waals surface area contributed by atoms with E-state index in [0.29, 0.717) is 13.1 Å². The fraction of sp³-hybridized carbons (Fsp3) is 0.238. The van der Waals surface area contributed by atoms with Crippen molar-refractivity contribution in [3.05, 3.63) is 59.4 Å².